The number of nitrogens with one attached hydrogen (secondary N) is 1. The van der Waals surface area contributed by atoms with Crippen LogP contribution in [0.15, 0.2) is 78.9 Å². The Kier molecular flexibility index (Phi) is 6.89. The molecular formula is C31H30N2O7. The first-order valence-electron chi connectivity index (χ1n) is 13.4. The summed E-state index contributed by atoms with van der Waals surface area (Å²) in [6, 6.07) is 24.2. The van der Waals surface area contributed by atoms with Crippen LogP contribution in [0, 0.1) is 0 Å². The highest BCUT2D eigenvalue weighted by Gasteiger charge is 2.54. The van der Waals surface area contributed by atoms with E-state index in [9.17, 15) is 19.5 Å². The van der Waals surface area contributed by atoms with Gasteiger partial charge in [-0.2, -0.15) is 0 Å². The van der Waals surface area contributed by atoms with E-state index in [-0.39, 0.29) is 45.2 Å². The number of carboxylic acid groups (broad SMARTS) is 1. The van der Waals surface area contributed by atoms with Crippen molar-refractivity contribution in [1.82, 2.24) is 10.2 Å². The highest BCUT2D eigenvalue weighted by atomic mass is 16.6. The summed E-state index contributed by atoms with van der Waals surface area (Å²) < 4.78 is 16.9. The number of ether oxygens (including phenoxy) is 3. The molecular weight excluding hydrogens is 512 g/mol. The molecule has 0 aromatic heterocycles. The van der Waals surface area contributed by atoms with E-state index in [0.29, 0.717) is 0 Å². The molecule has 2 aliphatic heterocycles. The van der Waals surface area contributed by atoms with E-state index in [4.69, 9.17) is 14.2 Å². The molecule has 9 nitrogen and oxygen atoms in total. The predicted molar refractivity (Wildman–Crippen MR) is 145 cm³/mol. The number of hydrogen-bond acceptors (Lipinski definition) is 6. The van der Waals surface area contributed by atoms with E-state index in [1.165, 1.54) is 0 Å². The number of carboxylic acids is 1. The van der Waals surface area contributed by atoms with Crippen molar-refractivity contribution in [2.45, 2.75) is 43.0 Å². The highest BCUT2D eigenvalue weighted by molar-refractivity contribution is 5.85. The summed E-state index contributed by atoms with van der Waals surface area (Å²) in [5, 5.41) is 12.8. The minimum atomic E-state index is -1.59. The third kappa shape index (κ3) is 4.77. The highest BCUT2D eigenvalue weighted by Crippen LogP contribution is 2.45. The van der Waals surface area contributed by atoms with Crippen LogP contribution in [0.25, 0.3) is 11.1 Å². The largest absolute Gasteiger partial charge is 0.480 e. The maximum Gasteiger partial charge on any atom is 0.410 e. The van der Waals surface area contributed by atoms with Gasteiger partial charge in [0.15, 0.2) is 0 Å². The molecule has 40 heavy (non-hydrogen) atoms. The molecule has 206 valence electrons. The number of morpholine rings is 1. The fourth-order valence-corrected chi connectivity index (χ4v) is 6.25. The molecule has 2 N–H and O–H groups in total. The molecule has 2 atom stereocenters. The van der Waals surface area contributed by atoms with E-state index in [0.717, 1.165) is 27.8 Å². The number of amides is 2. The van der Waals surface area contributed by atoms with Crippen LogP contribution in [0.3, 0.4) is 0 Å². The van der Waals surface area contributed by atoms with E-state index in [1.54, 1.807) is 4.90 Å². The zero-order valence-electron chi connectivity index (χ0n) is 21.8. The number of benzene rings is 3. The molecule has 2 fully saturated rings. The van der Waals surface area contributed by atoms with Crippen LogP contribution in [0.4, 0.5) is 9.59 Å². The first kappa shape index (κ1) is 25.9. The smallest absolute Gasteiger partial charge is 0.410 e. The number of hydrogen-bond donors (Lipinski definition) is 2. The average molecular weight is 543 g/mol. The Hall–Kier alpha value is -4.37. The fourth-order valence-electron chi connectivity index (χ4n) is 6.25. The van der Waals surface area contributed by atoms with E-state index < -0.39 is 35.8 Å². The van der Waals surface area contributed by atoms with Gasteiger partial charge in [-0.1, -0.05) is 78.9 Å². The summed E-state index contributed by atoms with van der Waals surface area (Å²) in [4.78, 5) is 40.2. The lowest BCUT2D eigenvalue weighted by Crippen LogP contribution is -2.70. The zero-order valence-corrected chi connectivity index (χ0v) is 21.8. The Balaban J connectivity index is 1.14. The Morgan fingerprint density at radius 2 is 1.43 bits per heavy atom. The molecule has 3 aromatic carbocycles. The van der Waals surface area contributed by atoms with Gasteiger partial charge in [0, 0.05) is 18.8 Å². The Morgan fingerprint density at radius 1 is 0.850 bits per heavy atom. The van der Waals surface area contributed by atoms with Crippen LogP contribution >= 0.6 is 0 Å². The van der Waals surface area contributed by atoms with Gasteiger partial charge in [-0.25, -0.2) is 14.4 Å². The van der Waals surface area contributed by atoms with Gasteiger partial charge in [0.25, 0.3) is 0 Å². The molecule has 6 rings (SSSR count). The number of aliphatic carboxylic acids is 1. The summed E-state index contributed by atoms with van der Waals surface area (Å²) in [5.74, 6) is -1.26. The van der Waals surface area contributed by atoms with Crippen molar-refractivity contribution in [2.75, 3.05) is 19.8 Å². The number of carbonyl (C=O) groups is 3. The molecule has 2 amide bonds. The van der Waals surface area contributed by atoms with Gasteiger partial charge in [-0.3, -0.25) is 4.90 Å². The first-order chi connectivity index (χ1) is 19.4. The van der Waals surface area contributed by atoms with Gasteiger partial charge in [-0.15, -0.1) is 0 Å². The van der Waals surface area contributed by atoms with Gasteiger partial charge in [0.05, 0.1) is 25.3 Å². The Labute approximate surface area is 231 Å². The maximum absolute atomic E-state index is 13.4. The first-order valence-corrected chi connectivity index (χ1v) is 13.4. The molecule has 3 aliphatic rings. The predicted octanol–water partition coefficient (Wildman–Crippen LogP) is 4.55. The normalized spacial score (nSPS) is 23.1. The van der Waals surface area contributed by atoms with E-state index in [2.05, 4.69) is 29.6 Å². The van der Waals surface area contributed by atoms with Crippen molar-refractivity contribution in [3.63, 3.8) is 0 Å². The van der Waals surface area contributed by atoms with Crippen molar-refractivity contribution in [3.05, 3.63) is 95.6 Å². The molecule has 0 spiro atoms. The van der Waals surface area contributed by atoms with Gasteiger partial charge in [-0.05, 0) is 27.8 Å². The molecule has 2 bridgehead atoms. The molecule has 1 aliphatic carbocycles. The third-order valence-electron chi connectivity index (χ3n) is 8.09. The topological polar surface area (TPSA) is 114 Å². The second kappa shape index (κ2) is 10.7. The van der Waals surface area contributed by atoms with Gasteiger partial charge in [0.2, 0.25) is 0 Å². The number of fused-ring (bicyclic) bond motifs is 5. The van der Waals surface area contributed by atoms with Crippen molar-refractivity contribution in [2.24, 2.45) is 0 Å². The average Bonchev–Trinajstić information content (AvgIpc) is 3.28. The Morgan fingerprint density at radius 3 is 2.02 bits per heavy atom. The summed E-state index contributed by atoms with van der Waals surface area (Å²) in [6.45, 7) is 0.481. The molecule has 0 saturated carbocycles. The van der Waals surface area contributed by atoms with Crippen molar-refractivity contribution < 1.29 is 33.7 Å². The monoisotopic (exact) mass is 542 g/mol. The van der Waals surface area contributed by atoms with Crippen LogP contribution < -0.4 is 5.32 Å². The lowest BCUT2D eigenvalue weighted by Gasteiger charge is -2.50. The number of rotatable bonds is 6. The number of nitrogens with zero attached hydrogens (tertiary/aromatic N) is 1. The zero-order chi connectivity index (χ0) is 27.7. The van der Waals surface area contributed by atoms with Crippen molar-refractivity contribution in [3.8, 4) is 11.1 Å². The minimum Gasteiger partial charge on any atom is -0.480 e. The third-order valence-corrected chi connectivity index (χ3v) is 8.09. The van der Waals surface area contributed by atoms with Gasteiger partial charge >= 0.3 is 18.2 Å². The van der Waals surface area contributed by atoms with Crippen LogP contribution in [0.5, 0.6) is 0 Å². The summed E-state index contributed by atoms with van der Waals surface area (Å²) in [5.41, 5.74) is 3.70. The summed E-state index contributed by atoms with van der Waals surface area (Å²) in [7, 11) is 0. The van der Waals surface area contributed by atoms with Gasteiger partial charge < -0.3 is 24.6 Å². The standard InChI is InChI=1S/C31H30N2O7/c34-28(35)31(32-29(36)39-16-20-8-2-1-3-9-20)14-21-17-38-18-22(15-31)33(21)30(37)40-19-27-25-12-6-4-10-23(25)24-11-5-7-13-26(24)27/h1-13,21-22,27H,14-19H2,(H,32,36)(H,34,35). The number of piperidine rings is 1. The summed E-state index contributed by atoms with van der Waals surface area (Å²) >= 11 is 0. The maximum atomic E-state index is 13.4. The fraction of sp³-hybridized carbons (Fsp3) is 0.323. The SMILES string of the molecule is O=C(NC1(C(=O)O)CC2COCC(C1)N2C(=O)OCC1c2ccccc2-c2ccccc21)OCc1ccccc1. The van der Waals surface area contributed by atoms with Crippen LogP contribution in [0.2, 0.25) is 0 Å². The van der Waals surface area contributed by atoms with E-state index >= 15 is 0 Å². The van der Waals surface area contributed by atoms with Crippen LogP contribution in [-0.4, -0.2) is 65.6 Å². The lowest BCUT2D eigenvalue weighted by molar-refractivity contribution is -0.154. The molecule has 0 radical (unpaired) electrons. The molecule has 2 unspecified atom stereocenters. The van der Waals surface area contributed by atoms with Crippen LogP contribution in [0.1, 0.15) is 35.4 Å². The van der Waals surface area contributed by atoms with Crippen molar-refractivity contribution >= 4 is 18.2 Å². The second-order valence-corrected chi connectivity index (χ2v) is 10.5. The minimum absolute atomic E-state index is 0.0181. The molecule has 2 heterocycles. The quantitative estimate of drug-likeness (QED) is 0.470. The number of alkyl carbamates (subject to hydrolysis) is 1. The second-order valence-electron chi connectivity index (χ2n) is 10.5. The number of carbonyl (C=O) groups excluding carboxylic acids is 2. The Bertz CT molecular complexity index is 1370. The van der Waals surface area contributed by atoms with Gasteiger partial charge in [0.1, 0.15) is 18.8 Å². The van der Waals surface area contributed by atoms with Crippen molar-refractivity contribution in [1.29, 1.82) is 0 Å². The molecule has 9 heteroatoms. The van der Waals surface area contributed by atoms with Crippen LogP contribution in [-0.2, 0) is 25.6 Å². The van der Waals surface area contributed by atoms with E-state index in [1.807, 2.05) is 54.6 Å². The summed E-state index contributed by atoms with van der Waals surface area (Å²) in [6.07, 6.45) is -1.38. The lowest BCUT2D eigenvalue weighted by atomic mass is 9.78. The molecule has 2 saturated heterocycles. The molecule has 3 aromatic rings.